The summed E-state index contributed by atoms with van der Waals surface area (Å²) in [4.78, 5) is 6.24. The maximum Gasteiger partial charge on any atom is 0.175 e. The van der Waals surface area contributed by atoms with Crippen molar-refractivity contribution in [1.82, 2.24) is 4.90 Å². The average Bonchev–Trinajstić information content (AvgIpc) is 2.02. The number of hydrogen-bond donors (Lipinski definition) is 2. The van der Waals surface area contributed by atoms with Gasteiger partial charge in [-0.15, -0.1) is 0 Å². The van der Waals surface area contributed by atoms with E-state index >= 15 is 0 Å². The fourth-order valence-electron chi connectivity index (χ4n) is 1.49. The first-order valence-electron chi connectivity index (χ1n) is 5.02. The second-order valence-corrected chi connectivity index (χ2v) is 4.21. The van der Waals surface area contributed by atoms with Gasteiger partial charge in [-0.2, -0.15) is 0 Å². The van der Waals surface area contributed by atoms with Crippen molar-refractivity contribution in [3.8, 4) is 0 Å². The first-order chi connectivity index (χ1) is 6.43. The fourth-order valence-corrected chi connectivity index (χ4v) is 1.49. The van der Waals surface area contributed by atoms with Crippen LogP contribution in [0.4, 0.5) is 0 Å². The van der Waals surface area contributed by atoms with Gasteiger partial charge in [-0.1, -0.05) is 13.8 Å². The maximum atomic E-state index is 5.85. The number of rotatable bonds is 2. The summed E-state index contributed by atoms with van der Waals surface area (Å²) < 4.78 is 0. The summed E-state index contributed by atoms with van der Waals surface area (Å²) in [7, 11) is 0. The number of aliphatic imine (C=N–C) groups is 1. The Labute approximate surface area is 85.7 Å². The van der Waals surface area contributed by atoms with E-state index in [9.17, 15) is 0 Å². The molecule has 0 aliphatic carbocycles. The van der Waals surface area contributed by atoms with E-state index < -0.39 is 0 Å². The molecule has 0 amide bonds. The van der Waals surface area contributed by atoms with Gasteiger partial charge in [0.1, 0.15) is 5.84 Å². The highest BCUT2D eigenvalue weighted by atomic mass is 15.3. The second kappa shape index (κ2) is 4.00. The lowest BCUT2D eigenvalue weighted by atomic mass is 10.0. The lowest BCUT2D eigenvalue weighted by Crippen LogP contribution is -2.46. The van der Waals surface area contributed by atoms with Crippen LogP contribution < -0.4 is 11.5 Å². The maximum absolute atomic E-state index is 5.85. The highest BCUT2D eigenvalue weighted by molar-refractivity contribution is 5.97. The zero-order valence-corrected chi connectivity index (χ0v) is 9.36. The van der Waals surface area contributed by atoms with Crippen molar-refractivity contribution in [3.63, 3.8) is 0 Å². The molecule has 4 nitrogen and oxygen atoms in total. The Hall–Kier alpha value is -1.03. The predicted octanol–water partition coefficient (Wildman–Crippen LogP) is 0.850. The van der Waals surface area contributed by atoms with Crippen LogP contribution in [0.3, 0.4) is 0 Å². The first kappa shape index (κ1) is 11.0. The molecule has 1 unspecified atom stereocenters. The summed E-state index contributed by atoms with van der Waals surface area (Å²) in [5.74, 6) is 0.955. The molecule has 0 aromatic heterocycles. The van der Waals surface area contributed by atoms with Crippen molar-refractivity contribution in [3.05, 3.63) is 11.8 Å². The van der Waals surface area contributed by atoms with Crippen LogP contribution in [0.5, 0.6) is 0 Å². The minimum Gasteiger partial charge on any atom is -0.384 e. The molecule has 0 aromatic carbocycles. The third-order valence-corrected chi connectivity index (χ3v) is 2.38. The highest BCUT2D eigenvalue weighted by Gasteiger charge is 2.22. The molecule has 80 valence electrons. The molecular formula is C10H20N4. The van der Waals surface area contributed by atoms with E-state index in [1.807, 2.05) is 11.1 Å². The van der Waals surface area contributed by atoms with Crippen LogP contribution >= 0.6 is 0 Å². The lowest BCUT2D eigenvalue weighted by molar-refractivity contribution is 0.231. The van der Waals surface area contributed by atoms with Crippen LogP contribution in [0.25, 0.3) is 0 Å². The Balaban J connectivity index is 2.95. The Kier molecular flexibility index (Phi) is 3.16. The zero-order chi connectivity index (χ0) is 10.9. The molecule has 1 aliphatic heterocycles. The molecule has 1 rings (SSSR count). The minimum atomic E-state index is -0.336. The van der Waals surface area contributed by atoms with Gasteiger partial charge in [-0.3, -0.25) is 5.73 Å². The van der Waals surface area contributed by atoms with Crippen LogP contribution in [0.15, 0.2) is 16.8 Å². The molecular weight excluding hydrogens is 176 g/mol. The van der Waals surface area contributed by atoms with E-state index in [0.29, 0.717) is 17.8 Å². The standard InChI is InChI=1S/C10H20N4/c1-6(2)8-5-14(7(3)4)10(12)13-9(8)11/h5-7,10H,12H2,1-4H3,(H2,11,13). The van der Waals surface area contributed by atoms with Crippen molar-refractivity contribution in [2.24, 2.45) is 22.4 Å². The molecule has 4 heteroatoms. The summed E-state index contributed by atoms with van der Waals surface area (Å²) in [6.45, 7) is 8.38. The molecule has 1 heterocycles. The number of amidine groups is 1. The number of nitrogens with zero attached hydrogens (tertiary/aromatic N) is 2. The second-order valence-electron chi connectivity index (χ2n) is 4.21. The van der Waals surface area contributed by atoms with E-state index in [-0.39, 0.29) is 6.29 Å². The van der Waals surface area contributed by atoms with Crippen LogP contribution in [-0.2, 0) is 0 Å². The zero-order valence-electron chi connectivity index (χ0n) is 9.36. The van der Waals surface area contributed by atoms with Gasteiger partial charge in [0.25, 0.3) is 0 Å². The SMILES string of the molecule is CC(C)C1=CN(C(C)C)C(N)N=C1N. The smallest absolute Gasteiger partial charge is 0.175 e. The van der Waals surface area contributed by atoms with Gasteiger partial charge in [-0.25, -0.2) is 4.99 Å². The van der Waals surface area contributed by atoms with Gasteiger partial charge in [0, 0.05) is 17.8 Å². The van der Waals surface area contributed by atoms with Gasteiger partial charge in [-0.05, 0) is 19.8 Å². The molecule has 0 fully saturated rings. The van der Waals surface area contributed by atoms with Crippen molar-refractivity contribution in [1.29, 1.82) is 0 Å². The minimum absolute atomic E-state index is 0.336. The van der Waals surface area contributed by atoms with Crippen molar-refractivity contribution in [2.75, 3.05) is 0 Å². The predicted molar refractivity (Wildman–Crippen MR) is 59.5 cm³/mol. The summed E-state index contributed by atoms with van der Waals surface area (Å²) in [6.07, 6.45) is 1.69. The molecule has 14 heavy (non-hydrogen) atoms. The van der Waals surface area contributed by atoms with E-state index in [1.54, 1.807) is 0 Å². The third kappa shape index (κ3) is 2.07. The Morgan fingerprint density at radius 2 is 1.93 bits per heavy atom. The molecule has 0 spiro atoms. The van der Waals surface area contributed by atoms with Crippen LogP contribution in [0.1, 0.15) is 27.7 Å². The quantitative estimate of drug-likeness (QED) is 0.688. The van der Waals surface area contributed by atoms with Gasteiger partial charge in [0.2, 0.25) is 0 Å². The molecule has 4 N–H and O–H groups in total. The summed E-state index contributed by atoms with van der Waals surface area (Å²) in [6, 6.07) is 0.343. The van der Waals surface area contributed by atoms with E-state index in [2.05, 4.69) is 32.7 Å². The van der Waals surface area contributed by atoms with Gasteiger partial charge in [0.15, 0.2) is 6.29 Å². The molecule has 0 saturated carbocycles. The molecule has 0 radical (unpaired) electrons. The normalized spacial score (nSPS) is 22.8. The summed E-state index contributed by atoms with van der Waals surface area (Å²) in [5, 5.41) is 0. The third-order valence-electron chi connectivity index (χ3n) is 2.38. The van der Waals surface area contributed by atoms with Crippen molar-refractivity contribution in [2.45, 2.75) is 40.0 Å². The summed E-state index contributed by atoms with van der Waals surface area (Å²) >= 11 is 0. The topological polar surface area (TPSA) is 67.6 Å². The van der Waals surface area contributed by atoms with Crippen molar-refractivity contribution >= 4 is 5.84 Å². The first-order valence-corrected chi connectivity index (χ1v) is 5.02. The van der Waals surface area contributed by atoms with Crippen molar-refractivity contribution < 1.29 is 0 Å². The lowest BCUT2D eigenvalue weighted by Gasteiger charge is -2.34. The molecule has 1 aliphatic rings. The Morgan fingerprint density at radius 1 is 1.36 bits per heavy atom. The van der Waals surface area contributed by atoms with Crippen LogP contribution in [0.2, 0.25) is 0 Å². The van der Waals surface area contributed by atoms with E-state index in [4.69, 9.17) is 11.5 Å². The van der Waals surface area contributed by atoms with E-state index in [0.717, 1.165) is 5.57 Å². The van der Waals surface area contributed by atoms with Gasteiger partial charge < -0.3 is 10.6 Å². The number of nitrogens with two attached hydrogens (primary N) is 2. The Morgan fingerprint density at radius 3 is 2.36 bits per heavy atom. The number of hydrogen-bond acceptors (Lipinski definition) is 4. The largest absolute Gasteiger partial charge is 0.384 e. The molecule has 0 bridgehead atoms. The average molecular weight is 196 g/mol. The fraction of sp³-hybridized carbons (Fsp3) is 0.700. The molecule has 1 atom stereocenters. The van der Waals surface area contributed by atoms with Gasteiger partial charge in [0.05, 0.1) is 0 Å². The molecule has 0 aromatic rings. The Bertz CT molecular complexity index is 265. The monoisotopic (exact) mass is 196 g/mol. The summed E-state index contributed by atoms with van der Waals surface area (Å²) in [5.41, 5.74) is 12.7. The molecule has 0 saturated heterocycles. The van der Waals surface area contributed by atoms with E-state index in [1.165, 1.54) is 0 Å². The van der Waals surface area contributed by atoms with Crippen LogP contribution in [0, 0.1) is 5.92 Å². The highest BCUT2D eigenvalue weighted by Crippen LogP contribution is 2.18. The van der Waals surface area contributed by atoms with Gasteiger partial charge >= 0.3 is 0 Å². The van der Waals surface area contributed by atoms with Crippen LogP contribution in [-0.4, -0.2) is 23.1 Å².